The van der Waals surface area contributed by atoms with Gasteiger partial charge < -0.3 is 16.2 Å². The maximum Gasteiger partial charge on any atom is 0.185 e. The molecule has 0 spiro atoms. The molecule has 18 heavy (non-hydrogen) atoms. The third-order valence-electron chi connectivity index (χ3n) is 4.02. The molecule has 5 nitrogen and oxygen atoms in total. The van der Waals surface area contributed by atoms with Gasteiger partial charge in [0.25, 0.3) is 0 Å². The van der Waals surface area contributed by atoms with Gasteiger partial charge in [-0.15, -0.1) is 24.0 Å². The summed E-state index contributed by atoms with van der Waals surface area (Å²) in [6, 6.07) is 0. The van der Waals surface area contributed by atoms with E-state index >= 15 is 0 Å². The van der Waals surface area contributed by atoms with Crippen LogP contribution in [-0.2, 0) is 4.74 Å². The van der Waals surface area contributed by atoms with Crippen LogP contribution in [0.25, 0.3) is 0 Å². The van der Waals surface area contributed by atoms with E-state index in [1.807, 2.05) is 0 Å². The first-order chi connectivity index (χ1) is 8.23. The Morgan fingerprint density at radius 2 is 1.72 bits per heavy atom. The number of hydrogen-bond donors (Lipinski definition) is 2. The van der Waals surface area contributed by atoms with Crippen LogP contribution in [0.1, 0.15) is 32.1 Å². The smallest absolute Gasteiger partial charge is 0.185 e. The fraction of sp³-hybridized carbons (Fsp3) is 0.917. The Morgan fingerprint density at radius 3 is 2.28 bits per heavy atom. The van der Waals surface area contributed by atoms with Crippen LogP contribution < -0.4 is 11.5 Å². The average molecular weight is 368 g/mol. The van der Waals surface area contributed by atoms with E-state index in [2.05, 4.69) is 9.89 Å². The van der Waals surface area contributed by atoms with Gasteiger partial charge in [-0.3, -0.25) is 9.89 Å². The third-order valence-corrected chi connectivity index (χ3v) is 4.02. The number of morpholine rings is 1. The van der Waals surface area contributed by atoms with Crippen LogP contribution in [0.3, 0.4) is 0 Å². The van der Waals surface area contributed by atoms with Crippen LogP contribution >= 0.6 is 24.0 Å². The Bertz CT molecular complexity index is 269. The lowest BCUT2D eigenvalue weighted by atomic mass is 9.80. The zero-order valence-corrected chi connectivity index (χ0v) is 13.3. The van der Waals surface area contributed by atoms with Crippen molar-refractivity contribution in [1.29, 1.82) is 0 Å². The zero-order valence-electron chi connectivity index (χ0n) is 10.9. The van der Waals surface area contributed by atoms with E-state index in [1.54, 1.807) is 0 Å². The molecule has 0 atom stereocenters. The minimum Gasteiger partial charge on any atom is -0.379 e. The van der Waals surface area contributed by atoms with E-state index in [0.29, 0.717) is 0 Å². The van der Waals surface area contributed by atoms with Gasteiger partial charge in [0, 0.05) is 18.6 Å². The first-order valence-electron chi connectivity index (χ1n) is 6.61. The number of aliphatic imine (C=N–C) groups is 1. The summed E-state index contributed by atoms with van der Waals surface area (Å²) in [6.45, 7) is 4.45. The molecule has 0 aromatic carbocycles. The number of hydrogen-bond acceptors (Lipinski definition) is 3. The second-order valence-electron chi connectivity index (χ2n) is 5.13. The van der Waals surface area contributed by atoms with E-state index < -0.39 is 0 Å². The molecule has 0 bridgehead atoms. The Kier molecular flexibility index (Phi) is 6.65. The van der Waals surface area contributed by atoms with Gasteiger partial charge in [-0.2, -0.15) is 0 Å². The van der Waals surface area contributed by atoms with Crippen LogP contribution in [0.2, 0.25) is 0 Å². The van der Waals surface area contributed by atoms with Gasteiger partial charge in [0.1, 0.15) is 0 Å². The Morgan fingerprint density at radius 1 is 1.11 bits per heavy atom. The number of nitrogens with zero attached hydrogens (tertiary/aromatic N) is 2. The maximum absolute atomic E-state index is 5.48. The maximum atomic E-state index is 5.48. The Balaban J connectivity index is 0.00000162. The van der Waals surface area contributed by atoms with Crippen molar-refractivity contribution in [3.63, 3.8) is 0 Å². The number of nitrogens with two attached hydrogens (primary N) is 2. The topological polar surface area (TPSA) is 76.9 Å². The lowest BCUT2D eigenvalue weighted by Crippen LogP contribution is -2.56. The van der Waals surface area contributed by atoms with Crippen molar-refractivity contribution in [3.05, 3.63) is 0 Å². The highest BCUT2D eigenvalue weighted by atomic mass is 127. The summed E-state index contributed by atoms with van der Waals surface area (Å²) in [7, 11) is 0. The summed E-state index contributed by atoms with van der Waals surface area (Å²) >= 11 is 0. The van der Waals surface area contributed by atoms with Gasteiger partial charge in [-0.1, -0.05) is 19.3 Å². The monoisotopic (exact) mass is 368 g/mol. The normalized spacial score (nSPS) is 24.0. The highest BCUT2D eigenvalue weighted by molar-refractivity contribution is 14.0. The lowest BCUT2D eigenvalue weighted by Gasteiger charge is -2.47. The molecule has 0 amide bonds. The van der Waals surface area contributed by atoms with E-state index in [-0.39, 0.29) is 35.5 Å². The van der Waals surface area contributed by atoms with Crippen molar-refractivity contribution in [3.8, 4) is 0 Å². The molecule has 1 aliphatic heterocycles. The predicted octanol–water partition coefficient (Wildman–Crippen LogP) is 0.913. The number of rotatable bonds is 3. The standard InChI is InChI=1S/C12H24N4O.HI/c13-11(14)15-10-12(4-2-1-3-5-12)16-6-8-17-9-7-16;/h1-10H2,(H4,13,14,15);1H. The zero-order chi connectivity index (χ0) is 12.1. The SMILES string of the molecule is I.NC(N)=NCC1(N2CCOCC2)CCCCC1. The molecular formula is C12H25IN4O. The molecule has 2 aliphatic rings. The number of halogens is 1. The van der Waals surface area contributed by atoms with E-state index in [1.165, 1.54) is 32.1 Å². The Labute approximate surface area is 126 Å². The van der Waals surface area contributed by atoms with Crippen LogP contribution in [0.15, 0.2) is 4.99 Å². The molecule has 1 saturated heterocycles. The molecule has 0 unspecified atom stereocenters. The molecule has 6 heteroatoms. The van der Waals surface area contributed by atoms with Crippen LogP contribution in [0.5, 0.6) is 0 Å². The molecular weight excluding hydrogens is 343 g/mol. The lowest BCUT2D eigenvalue weighted by molar-refractivity contribution is -0.0333. The molecule has 4 N–H and O–H groups in total. The van der Waals surface area contributed by atoms with Crippen LogP contribution in [-0.4, -0.2) is 49.2 Å². The molecule has 0 radical (unpaired) electrons. The second kappa shape index (κ2) is 7.49. The average Bonchev–Trinajstić information content (AvgIpc) is 2.39. The van der Waals surface area contributed by atoms with Crippen molar-refractivity contribution in [2.45, 2.75) is 37.6 Å². The summed E-state index contributed by atoms with van der Waals surface area (Å²) in [5.74, 6) is 0.211. The van der Waals surface area contributed by atoms with Gasteiger partial charge in [0.05, 0.1) is 19.8 Å². The van der Waals surface area contributed by atoms with E-state index in [4.69, 9.17) is 16.2 Å². The first kappa shape index (κ1) is 16.0. The number of guanidine groups is 1. The fourth-order valence-electron chi connectivity index (χ4n) is 3.06. The van der Waals surface area contributed by atoms with Gasteiger partial charge in [0.2, 0.25) is 0 Å². The highest BCUT2D eigenvalue weighted by Crippen LogP contribution is 2.34. The summed E-state index contributed by atoms with van der Waals surface area (Å²) < 4.78 is 5.43. The molecule has 106 valence electrons. The minimum absolute atomic E-state index is 0. The van der Waals surface area contributed by atoms with E-state index in [0.717, 1.165) is 32.8 Å². The predicted molar refractivity (Wildman–Crippen MR) is 84.3 cm³/mol. The van der Waals surface area contributed by atoms with E-state index in [9.17, 15) is 0 Å². The Hall–Kier alpha value is -0.0800. The van der Waals surface area contributed by atoms with Crippen molar-refractivity contribution in [2.75, 3.05) is 32.8 Å². The molecule has 0 aromatic rings. The summed E-state index contributed by atoms with van der Waals surface area (Å²) in [6.07, 6.45) is 6.34. The molecule has 1 saturated carbocycles. The molecule has 0 aromatic heterocycles. The second-order valence-corrected chi connectivity index (χ2v) is 5.13. The molecule has 1 heterocycles. The molecule has 1 aliphatic carbocycles. The third kappa shape index (κ3) is 3.96. The summed E-state index contributed by atoms with van der Waals surface area (Å²) in [4.78, 5) is 6.83. The summed E-state index contributed by atoms with van der Waals surface area (Å²) in [5, 5.41) is 0. The van der Waals surface area contributed by atoms with Crippen molar-refractivity contribution in [1.82, 2.24) is 4.90 Å². The van der Waals surface area contributed by atoms with Crippen LogP contribution in [0.4, 0.5) is 0 Å². The van der Waals surface area contributed by atoms with Gasteiger partial charge in [-0.05, 0) is 12.8 Å². The van der Waals surface area contributed by atoms with Crippen molar-refractivity contribution >= 4 is 29.9 Å². The fourth-order valence-corrected chi connectivity index (χ4v) is 3.06. The van der Waals surface area contributed by atoms with Crippen LogP contribution in [0, 0.1) is 0 Å². The minimum atomic E-state index is 0. The van der Waals surface area contributed by atoms with Gasteiger partial charge in [-0.25, -0.2) is 0 Å². The van der Waals surface area contributed by atoms with Crippen molar-refractivity contribution < 1.29 is 4.74 Å². The highest BCUT2D eigenvalue weighted by Gasteiger charge is 2.38. The number of ether oxygens (including phenoxy) is 1. The quantitative estimate of drug-likeness (QED) is 0.441. The summed E-state index contributed by atoms with van der Waals surface area (Å²) in [5.41, 5.74) is 11.2. The van der Waals surface area contributed by atoms with Crippen molar-refractivity contribution in [2.24, 2.45) is 16.5 Å². The van der Waals surface area contributed by atoms with Gasteiger partial charge >= 0.3 is 0 Å². The first-order valence-corrected chi connectivity index (χ1v) is 6.61. The van der Waals surface area contributed by atoms with Gasteiger partial charge in [0.15, 0.2) is 5.96 Å². The molecule has 2 rings (SSSR count). The largest absolute Gasteiger partial charge is 0.379 e. The molecule has 2 fully saturated rings.